The molecule has 0 heterocycles. The third-order valence-corrected chi connectivity index (χ3v) is 3.30. The summed E-state index contributed by atoms with van der Waals surface area (Å²) in [7, 11) is 1.60. The minimum Gasteiger partial charge on any atom is -0.480 e. The normalized spacial score (nSPS) is 16.6. The van der Waals surface area contributed by atoms with Crippen molar-refractivity contribution in [3.05, 3.63) is 0 Å². The summed E-state index contributed by atoms with van der Waals surface area (Å²) in [4.78, 5) is 11.5. The number of carbonyl (C=O) groups is 1. The van der Waals surface area contributed by atoms with Crippen LogP contribution >= 0.6 is 0 Å². The van der Waals surface area contributed by atoms with Crippen molar-refractivity contribution < 1.29 is 14.6 Å². The van der Waals surface area contributed by atoms with Crippen LogP contribution in [0.2, 0.25) is 0 Å². The topological polar surface area (TPSA) is 58.6 Å². The zero-order valence-corrected chi connectivity index (χ0v) is 12.2. The van der Waals surface area contributed by atoms with Gasteiger partial charge in [-0.15, -0.1) is 0 Å². The van der Waals surface area contributed by atoms with Crippen LogP contribution in [0.25, 0.3) is 0 Å². The van der Waals surface area contributed by atoms with E-state index in [4.69, 9.17) is 4.74 Å². The standard InChI is InChI=1S/C13H27NO3/c1-8-11(2,3)14-13(6,10(15)16)9-12(4,5)17-7/h14H,8-9H2,1-7H3,(H,15,16). The van der Waals surface area contributed by atoms with Crippen molar-refractivity contribution in [2.24, 2.45) is 0 Å². The summed E-state index contributed by atoms with van der Waals surface area (Å²) in [5.41, 5.74) is -1.67. The van der Waals surface area contributed by atoms with Gasteiger partial charge in [0.05, 0.1) is 5.60 Å². The molecule has 102 valence electrons. The first-order valence-electron chi connectivity index (χ1n) is 6.06. The molecule has 0 radical (unpaired) electrons. The zero-order chi connectivity index (χ0) is 13.9. The number of hydrogen-bond acceptors (Lipinski definition) is 3. The highest BCUT2D eigenvalue weighted by Gasteiger charge is 2.41. The lowest BCUT2D eigenvalue weighted by Crippen LogP contribution is -2.60. The Labute approximate surface area is 105 Å². The van der Waals surface area contributed by atoms with E-state index < -0.39 is 17.1 Å². The van der Waals surface area contributed by atoms with Crippen LogP contribution in [0.1, 0.15) is 54.4 Å². The maximum absolute atomic E-state index is 11.5. The van der Waals surface area contributed by atoms with E-state index in [1.165, 1.54) is 0 Å². The van der Waals surface area contributed by atoms with Crippen molar-refractivity contribution in [2.45, 2.75) is 71.1 Å². The minimum atomic E-state index is -0.987. The fraction of sp³-hybridized carbons (Fsp3) is 0.923. The molecule has 0 amide bonds. The van der Waals surface area contributed by atoms with Crippen LogP contribution in [-0.4, -0.2) is 34.9 Å². The number of rotatable bonds is 7. The van der Waals surface area contributed by atoms with Gasteiger partial charge in [0.25, 0.3) is 0 Å². The predicted molar refractivity (Wildman–Crippen MR) is 69.3 cm³/mol. The van der Waals surface area contributed by atoms with E-state index >= 15 is 0 Å². The van der Waals surface area contributed by atoms with Crippen molar-refractivity contribution in [2.75, 3.05) is 7.11 Å². The lowest BCUT2D eigenvalue weighted by atomic mass is 9.84. The van der Waals surface area contributed by atoms with Crippen LogP contribution in [0.15, 0.2) is 0 Å². The maximum Gasteiger partial charge on any atom is 0.323 e. The van der Waals surface area contributed by atoms with E-state index in [-0.39, 0.29) is 5.54 Å². The smallest absolute Gasteiger partial charge is 0.323 e. The second-order valence-electron chi connectivity index (χ2n) is 6.14. The van der Waals surface area contributed by atoms with Gasteiger partial charge in [0, 0.05) is 19.1 Å². The van der Waals surface area contributed by atoms with Crippen molar-refractivity contribution >= 4 is 5.97 Å². The third-order valence-electron chi connectivity index (χ3n) is 3.30. The van der Waals surface area contributed by atoms with E-state index in [1.54, 1.807) is 14.0 Å². The Morgan fingerprint density at radius 2 is 1.71 bits per heavy atom. The van der Waals surface area contributed by atoms with E-state index in [0.717, 1.165) is 6.42 Å². The number of ether oxygens (including phenoxy) is 1. The van der Waals surface area contributed by atoms with Gasteiger partial charge in [-0.25, -0.2) is 0 Å². The van der Waals surface area contributed by atoms with Crippen molar-refractivity contribution in [1.29, 1.82) is 0 Å². The number of methoxy groups -OCH3 is 1. The quantitative estimate of drug-likeness (QED) is 0.723. The largest absolute Gasteiger partial charge is 0.480 e. The molecule has 0 fully saturated rings. The van der Waals surface area contributed by atoms with Crippen molar-refractivity contribution in [3.63, 3.8) is 0 Å². The Morgan fingerprint density at radius 1 is 1.24 bits per heavy atom. The Balaban J connectivity index is 5.00. The molecule has 0 spiro atoms. The van der Waals surface area contributed by atoms with Gasteiger partial charge in [-0.3, -0.25) is 10.1 Å². The Bertz CT molecular complexity index is 254. The molecule has 0 aliphatic heterocycles. The van der Waals surface area contributed by atoms with Crippen LogP contribution in [0, 0.1) is 0 Å². The molecule has 4 nitrogen and oxygen atoms in total. The number of nitrogens with one attached hydrogen (secondary N) is 1. The lowest BCUT2D eigenvalue weighted by Gasteiger charge is -2.40. The monoisotopic (exact) mass is 245 g/mol. The highest BCUT2D eigenvalue weighted by atomic mass is 16.5. The number of aliphatic carboxylic acids is 1. The average molecular weight is 245 g/mol. The van der Waals surface area contributed by atoms with Gasteiger partial charge < -0.3 is 9.84 Å². The molecule has 0 aliphatic carbocycles. The van der Waals surface area contributed by atoms with Gasteiger partial charge in [0.2, 0.25) is 0 Å². The van der Waals surface area contributed by atoms with Crippen LogP contribution in [0.3, 0.4) is 0 Å². The molecule has 0 aromatic heterocycles. The van der Waals surface area contributed by atoms with E-state index in [9.17, 15) is 9.90 Å². The first kappa shape index (κ1) is 16.4. The summed E-state index contributed by atoms with van der Waals surface area (Å²) in [6.07, 6.45) is 1.28. The summed E-state index contributed by atoms with van der Waals surface area (Å²) < 4.78 is 5.33. The molecule has 1 unspecified atom stereocenters. The Morgan fingerprint density at radius 3 is 2.00 bits per heavy atom. The van der Waals surface area contributed by atoms with Crippen LogP contribution in [0.5, 0.6) is 0 Å². The summed E-state index contributed by atoms with van der Waals surface area (Å²) in [5, 5.41) is 12.7. The van der Waals surface area contributed by atoms with E-state index in [0.29, 0.717) is 6.42 Å². The second kappa shape index (κ2) is 5.36. The first-order valence-corrected chi connectivity index (χ1v) is 6.06. The van der Waals surface area contributed by atoms with Gasteiger partial charge in [0.1, 0.15) is 5.54 Å². The number of carboxylic acids is 1. The van der Waals surface area contributed by atoms with Gasteiger partial charge in [0.15, 0.2) is 0 Å². The fourth-order valence-electron chi connectivity index (χ4n) is 1.93. The molecule has 0 rings (SSSR count). The third kappa shape index (κ3) is 5.04. The molecule has 0 saturated heterocycles. The number of carboxylic acid groups (broad SMARTS) is 1. The molecule has 17 heavy (non-hydrogen) atoms. The van der Waals surface area contributed by atoms with Crippen LogP contribution in [0.4, 0.5) is 0 Å². The minimum absolute atomic E-state index is 0.211. The zero-order valence-electron chi connectivity index (χ0n) is 12.2. The molecular weight excluding hydrogens is 218 g/mol. The molecule has 0 saturated carbocycles. The SMILES string of the molecule is CCC(C)(C)NC(C)(CC(C)(C)OC)C(=O)O. The van der Waals surface area contributed by atoms with E-state index in [2.05, 4.69) is 5.32 Å². The van der Waals surface area contributed by atoms with Gasteiger partial charge in [-0.1, -0.05) is 6.92 Å². The molecular formula is C13H27NO3. The number of hydrogen-bond donors (Lipinski definition) is 2. The van der Waals surface area contributed by atoms with Crippen molar-refractivity contribution in [3.8, 4) is 0 Å². The van der Waals surface area contributed by atoms with Gasteiger partial charge in [-0.2, -0.15) is 0 Å². The van der Waals surface area contributed by atoms with Crippen molar-refractivity contribution in [1.82, 2.24) is 5.32 Å². The molecule has 0 aromatic rings. The first-order chi connectivity index (χ1) is 7.48. The molecule has 0 aromatic carbocycles. The maximum atomic E-state index is 11.5. The fourth-order valence-corrected chi connectivity index (χ4v) is 1.93. The van der Waals surface area contributed by atoms with Gasteiger partial charge in [-0.05, 0) is 41.0 Å². The van der Waals surface area contributed by atoms with Gasteiger partial charge >= 0.3 is 5.97 Å². The lowest BCUT2D eigenvalue weighted by molar-refractivity contribution is -0.148. The Kier molecular flexibility index (Phi) is 5.16. The average Bonchev–Trinajstić information content (AvgIpc) is 2.16. The predicted octanol–water partition coefficient (Wildman–Crippen LogP) is 2.42. The molecule has 4 heteroatoms. The molecule has 0 bridgehead atoms. The Hall–Kier alpha value is -0.610. The van der Waals surface area contributed by atoms with Crippen LogP contribution < -0.4 is 5.32 Å². The summed E-state index contributed by atoms with van der Waals surface area (Å²) in [6.45, 7) is 11.6. The molecule has 2 N–H and O–H groups in total. The highest BCUT2D eigenvalue weighted by molar-refractivity contribution is 5.78. The molecule has 1 atom stereocenters. The summed E-state index contributed by atoms with van der Waals surface area (Å²) >= 11 is 0. The van der Waals surface area contributed by atoms with Crippen LogP contribution in [-0.2, 0) is 9.53 Å². The molecule has 0 aliphatic rings. The summed E-state index contributed by atoms with van der Waals surface area (Å²) in [6, 6.07) is 0. The summed E-state index contributed by atoms with van der Waals surface area (Å²) in [5.74, 6) is -0.843. The van der Waals surface area contributed by atoms with E-state index in [1.807, 2.05) is 34.6 Å². The highest BCUT2D eigenvalue weighted by Crippen LogP contribution is 2.26. The second-order valence-corrected chi connectivity index (χ2v) is 6.14.